The zero-order valence-corrected chi connectivity index (χ0v) is 10.7. The van der Waals surface area contributed by atoms with Crippen molar-refractivity contribution in [3.8, 4) is 0 Å². The summed E-state index contributed by atoms with van der Waals surface area (Å²) in [7, 11) is 1.38. The van der Waals surface area contributed by atoms with Crippen LogP contribution in [0.4, 0.5) is 0 Å². The van der Waals surface area contributed by atoms with Crippen molar-refractivity contribution in [2.75, 3.05) is 7.11 Å². The molecule has 2 bridgehead atoms. The first-order valence-electron chi connectivity index (χ1n) is 6.93. The van der Waals surface area contributed by atoms with Crippen molar-refractivity contribution in [1.29, 1.82) is 0 Å². The minimum atomic E-state index is -0.707. The number of hydrogen-bond acceptors (Lipinski definition) is 3. The van der Waals surface area contributed by atoms with Crippen molar-refractivity contribution in [3.63, 3.8) is 0 Å². The summed E-state index contributed by atoms with van der Waals surface area (Å²) in [6, 6.07) is 0. The predicted octanol–water partition coefficient (Wildman–Crippen LogP) is 1.93. The first kappa shape index (κ1) is 12.0. The lowest BCUT2D eigenvalue weighted by Crippen LogP contribution is -2.38. The van der Waals surface area contributed by atoms with Crippen LogP contribution in [0.2, 0.25) is 0 Å². The Morgan fingerprint density at radius 1 is 1.17 bits per heavy atom. The van der Waals surface area contributed by atoms with Gasteiger partial charge in [0.25, 0.3) is 0 Å². The normalized spacial score (nSPS) is 44.9. The highest BCUT2D eigenvalue weighted by Crippen LogP contribution is 2.64. The SMILES string of the molecule is COC(=O)CC1C2CC(C3CCCC23)C1C(=O)O. The van der Waals surface area contributed by atoms with Crippen LogP contribution in [0.3, 0.4) is 0 Å². The summed E-state index contributed by atoms with van der Waals surface area (Å²) in [5.41, 5.74) is 0. The molecule has 0 aliphatic heterocycles. The number of esters is 1. The van der Waals surface area contributed by atoms with Crippen LogP contribution in [-0.2, 0) is 14.3 Å². The Labute approximate surface area is 107 Å². The molecule has 0 radical (unpaired) electrons. The third kappa shape index (κ3) is 1.57. The summed E-state index contributed by atoms with van der Waals surface area (Å²) >= 11 is 0. The highest BCUT2D eigenvalue weighted by molar-refractivity contribution is 5.75. The molecule has 6 atom stereocenters. The smallest absolute Gasteiger partial charge is 0.307 e. The van der Waals surface area contributed by atoms with Gasteiger partial charge in [-0.3, -0.25) is 9.59 Å². The molecule has 3 fully saturated rings. The zero-order valence-electron chi connectivity index (χ0n) is 10.7. The Kier molecular flexibility index (Phi) is 2.83. The molecule has 0 saturated heterocycles. The molecular weight excluding hydrogens is 232 g/mol. The molecule has 18 heavy (non-hydrogen) atoms. The van der Waals surface area contributed by atoms with Gasteiger partial charge in [-0.25, -0.2) is 0 Å². The van der Waals surface area contributed by atoms with Gasteiger partial charge in [0.05, 0.1) is 13.0 Å². The number of hydrogen-bond donors (Lipinski definition) is 1. The van der Waals surface area contributed by atoms with Crippen LogP contribution in [0.15, 0.2) is 0 Å². The second-order valence-electron chi connectivity index (χ2n) is 6.13. The molecule has 3 rings (SSSR count). The van der Waals surface area contributed by atoms with Crippen molar-refractivity contribution in [1.82, 2.24) is 0 Å². The van der Waals surface area contributed by atoms with Crippen LogP contribution >= 0.6 is 0 Å². The van der Waals surface area contributed by atoms with Gasteiger partial charge in [0.2, 0.25) is 0 Å². The number of carboxylic acids is 1. The van der Waals surface area contributed by atoms with Gasteiger partial charge < -0.3 is 9.84 Å². The number of rotatable bonds is 3. The number of carboxylic acid groups (broad SMARTS) is 1. The molecule has 4 heteroatoms. The maximum Gasteiger partial charge on any atom is 0.307 e. The van der Waals surface area contributed by atoms with Gasteiger partial charge in [0.15, 0.2) is 0 Å². The summed E-state index contributed by atoms with van der Waals surface area (Å²) in [6.45, 7) is 0. The van der Waals surface area contributed by atoms with Crippen molar-refractivity contribution < 1.29 is 19.4 Å². The van der Waals surface area contributed by atoms with E-state index in [0.29, 0.717) is 23.7 Å². The van der Waals surface area contributed by atoms with Gasteiger partial charge in [0, 0.05) is 6.42 Å². The van der Waals surface area contributed by atoms with Crippen LogP contribution in [-0.4, -0.2) is 24.2 Å². The van der Waals surface area contributed by atoms with E-state index in [-0.39, 0.29) is 24.2 Å². The Morgan fingerprint density at radius 3 is 2.44 bits per heavy atom. The highest BCUT2D eigenvalue weighted by Gasteiger charge is 2.61. The lowest BCUT2D eigenvalue weighted by Gasteiger charge is -2.35. The Bertz CT molecular complexity index is 378. The Morgan fingerprint density at radius 2 is 1.83 bits per heavy atom. The topological polar surface area (TPSA) is 63.6 Å². The van der Waals surface area contributed by atoms with Gasteiger partial charge in [-0.1, -0.05) is 6.42 Å². The van der Waals surface area contributed by atoms with Crippen LogP contribution in [0.25, 0.3) is 0 Å². The summed E-state index contributed by atoms with van der Waals surface area (Å²) in [5, 5.41) is 9.46. The lowest BCUT2D eigenvalue weighted by atomic mass is 9.68. The fraction of sp³-hybridized carbons (Fsp3) is 0.857. The van der Waals surface area contributed by atoms with Crippen LogP contribution in [0.1, 0.15) is 32.1 Å². The van der Waals surface area contributed by atoms with E-state index in [1.807, 2.05) is 0 Å². The highest BCUT2D eigenvalue weighted by atomic mass is 16.5. The second-order valence-corrected chi connectivity index (χ2v) is 6.13. The third-order valence-electron chi connectivity index (χ3n) is 5.66. The van der Waals surface area contributed by atoms with E-state index in [9.17, 15) is 14.7 Å². The quantitative estimate of drug-likeness (QED) is 0.779. The number of methoxy groups -OCH3 is 1. The van der Waals surface area contributed by atoms with Crippen molar-refractivity contribution in [2.24, 2.45) is 35.5 Å². The summed E-state index contributed by atoms with van der Waals surface area (Å²) in [4.78, 5) is 23.0. The molecule has 0 heterocycles. The summed E-state index contributed by atoms with van der Waals surface area (Å²) in [6.07, 6.45) is 4.97. The molecule has 1 N–H and O–H groups in total. The maximum atomic E-state index is 11.5. The molecule has 100 valence electrons. The van der Waals surface area contributed by atoms with Gasteiger partial charge in [0.1, 0.15) is 0 Å². The van der Waals surface area contributed by atoms with E-state index in [1.54, 1.807) is 0 Å². The molecular formula is C14H20O4. The van der Waals surface area contributed by atoms with Crippen LogP contribution < -0.4 is 0 Å². The number of carbonyl (C=O) groups excluding carboxylic acids is 1. The lowest BCUT2D eigenvalue weighted by molar-refractivity contribution is -0.150. The molecule has 3 saturated carbocycles. The molecule has 0 spiro atoms. The van der Waals surface area contributed by atoms with Gasteiger partial charge in [-0.2, -0.15) is 0 Å². The molecule has 0 amide bonds. The Balaban J connectivity index is 1.83. The maximum absolute atomic E-state index is 11.5. The first-order valence-corrected chi connectivity index (χ1v) is 6.93. The van der Waals surface area contributed by atoms with Gasteiger partial charge in [-0.05, 0) is 48.9 Å². The van der Waals surface area contributed by atoms with E-state index in [0.717, 1.165) is 6.42 Å². The minimum Gasteiger partial charge on any atom is -0.481 e. The van der Waals surface area contributed by atoms with Crippen molar-refractivity contribution >= 4 is 11.9 Å². The zero-order chi connectivity index (χ0) is 12.9. The fourth-order valence-corrected chi connectivity index (χ4v) is 5.15. The molecule has 0 aromatic carbocycles. The van der Waals surface area contributed by atoms with E-state index in [2.05, 4.69) is 0 Å². The second kappa shape index (κ2) is 4.25. The first-order chi connectivity index (χ1) is 8.63. The standard InChI is InChI=1S/C14H20O4/c1-18-12(15)6-11-9-5-10(13(11)14(16)17)8-4-2-3-7(8)9/h7-11,13H,2-6H2,1H3,(H,16,17). The van der Waals surface area contributed by atoms with E-state index in [1.165, 1.54) is 26.4 Å². The number of aliphatic carboxylic acids is 1. The predicted molar refractivity (Wildman–Crippen MR) is 63.7 cm³/mol. The molecule has 3 aliphatic rings. The molecule has 3 aliphatic carbocycles. The fourth-order valence-electron chi connectivity index (χ4n) is 5.15. The minimum absolute atomic E-state index is 0.0132. The average molecular weight is 252 g/mol. The van der Waals surface area contributed by atoms with Crippen LogP contribution in [0.5, 0.6) is 0 Å². The monoisotopic (exact) mass is 252 g/mol. The van der Waals surface area contributed by atoms with Gasteiger partial charge in [-0.15, -0.1) is 0 Å². The molecule has 4 nitrogen and oxygen atoms in total. The Hall–Kier alpha value is -1.06. The van der Waals surface area contributed by atoms with Gasteiger partial charge >= 0.3 is 11.9 Å². The summed E-state index contributed by atoms with van der Waals surface area (Å²) < 4.78 is 4.73. The molecule has 0 aromatic heterocycles. The van der Waals surface area contributed by atoms with Crippen LogP contribution in [0, 0.1) is 35.5 Å². The number of fused-ring (bicyclic) bond motifs is 5. The van der Waals surface area contributed by atoms with Crippen molar-refractivity contribution in [2.45, 2.75) is 32.1 Å². The average Bonchev–Trinajstić information content (AvgIpc) is 2.97. The molecule has 0 aromatic rings. The molecule has 6 unspecified atom stereocenters. The largest absolute Gasteiger partial charge is 0.481 e. The van der Waals surface area contributed by atoms with E-state index in [4.69, 9.17) is 4.74 Å². The third-order valence-corrected chi connectivity index (χ3v) is 5.66. The van der Waals surface area contributed by atoms with E-state index < -0.39 is 5.97 Å². The summed E-state index contributed by atoms with van der Waals surface area (Å²) in [5.74, 6) is 0.797. The number of ether oxygens (including phenoxy) is 1. The van der Waals surface area contributed by atoms with Crippen molar-refractivity contribution in [3.05, 3.63) is 0 Å². The van der Waals surface area contributed by atoms with E-state index >= 15 is 0 Å². The number of carbonyl (C=O) groups is 2.